The average Bonchev–Trinajstić information content (AvgIpc) is 3.27. The van der Waals surface area contributed by atoms with E-state index in [4.69, 9.17) is 4.74 Å². The van der Waals surface area contributed by atoms with Crippen molar-refractivity contribution in [2.75, 3.05) is 6.61 Å². The van der Waals surface area contributed by atoms with Gasteiger partial charge in [0.05, 0.1) is 6.61 Å². The van der Waals surface area contributed by atoms with Gasteiger partial charge < -0.3 is 14.9 Å². The summed E-state index contributed by atoms with van der Waals surface area (Å²) >= 11 is 0. The van der Waals surface area contributed by atoms with Crippen LogP contribution in [0.3, 0.4) is 0 Å². The van der Waals surface area contributed by atoms with E-state index >= 15 is 0 Å². The molecule has 0 amide bonds. The van der Waals surface area contributed by atoms with Crippen molar-refractivity contribution in [2.45, 2.75) is 98.0 Å². The highest BCUT2D eigenvalue weighted by Gasteiger charge is 2.83. The van der Waals surface area contributed by atoms with Crippen LogP contribution in [0.2, 0.25) is 0 Å². The molecule has 9 atom stereocenters. The number of allylic oxidation sites excluding steroid dienone is 1. The molecule has 0 aromatic rings. The molecule has 1 saturated heterocycles. The number of aliphatic hydroxyl groups is 1. The largest absolute Gasteiger partial charge is 0.481 e. The molecule has 5 fully saturated rings. The van der Waals surface area contributed by atoms with Crippen LogP contribution in [0.25, 0.3) is 0 Å². The number of carboxylic acid groups (broad SMARTS) is 1. The van der Waals surface area contributed by atoms with E-state index in [1.54, 1.807) is 0 Å². The first-order valence-electron chi connectivity index (χ1n) is 13.8. The maximum absolute atomic E-state index is 12.6. The molecule has 5 heteroatoms. The van der Waals surface area contributed by atoms with Crippen LogP contribution >= 0.6 is 0 Å². The van der Waals surface area contributed by atoms with Gasteiger partial charge >= 0.3 is 11.9 Å². The molecule has 0 bridgehead atoms. The van der Waals surface area contributed by atoms with Crippen LogP contribution < -0.4 is 0 Å². The fourth-order valence-corrected chi connectivity index (χ4v) is 10.4. The number of fused-ring (bicyclic) bond motifs is 4. The number of hydrogen-bond donors (Lipinski definition) is 2. The van der Waals surface area contributed by atoms with Gasteiger partial charge in [0, 0.05) is 17.9 Å². The van der Waals surface area contributed by atoms with Gasteiger partial charge in [0.2, 0.25) is 0 Å². The van der Waals surface area contributed by atoms with Crippen molar-refractivity contribution < 1.29 is 24.5 Å². The molecule has 194 valence electrons. The molecular formula is C30H44O5. The highest BCUT2D eigenvalue weighted by Crippen LogP contribution is 2.88. The third kappa shape index (κ3) is 3.29. The van der Waals surface area contributed by atoms with Crippen molar-refractivity contribution in [1.29, 1.82) is 0 Å². The van der Waals surface area contributed by atoms with Gasteiger partial charge in [0.1, 0.15) is 6.10 Å². The number of carboxylic acids is 1. The minimum Gasteiger partial charge on any atom is -0.481 e. The Hall–Kier alpha value is -1.62. The first-order valence-corrected chi connectivity index (χ1v) is 13.8. The summed E-state index contributed by atoms with van der Waals surface area (Å²) in [6, 6.07) is 0. The number of aliphatic hydroxyl groups excluding tert-OH is 1. The fourth-order valence-electron chi connectivity index (χ4n) is 10.4. The number of esters is 1. The topological polar surface area (TPSA) is 83.8 Å². The Balaban J connectivity index is 1.44. The summed E-state index contributed by atoms with van der Waals surface area (Å²) in [4.78, 5) is 24.2. The molecule has 4 saturated carbocycles. The summed E-state index contributed by atoms with van der Waals surface area (Å²) in [5.74, 6) is 0.747. The lowest BCUT2D eigenvalue weighted by molar-refractivity contribution is -0.158. The number of rotatable bonds is 8. The molecule has 0 unspecified atom stereocenters. The van der Waals surface area contributed by atoms with Crippen LogP contribution in [0.15, 0.2) is 23.8 Å². The summed E-state index contributed by atoms with van der Waals surface area (Å²) in [6.07, 6.45) is 11.7. The van der Waals surface area contributed by atoms with E-state index in [9.17, 15) is 19.8 Å². The number of ether oxygens (including phenoxy) is 1. The van der Waals surface area contributed by atoms with Gasteiger partial charge in [-0.3, -0.25) is 4.79 Å². The summed E-state index contributed by atoms with van der Waals surface area (Å²) in [5.41, 5.74) is 2.06. The number of hydrogen-bond acceptors (Lipinski definition) is 4. The standard InChI is InChI=1S/C30H44O5/c1-18(16-31)7-6-8-19(2)21-9-11-28(5)23-15-22-25(20(3)26(34)35-22)30(12-10-24(32)33)17-29(23,30)14-13-27(21,28)4/h7,19,21-23,25,31H,3,6,8-17H2,1-2,4-5H3,(H,32,33)/b18-7+/t19-,21-,22-,23+,25-,27-,28+,29+,30-/m1/s1. The third-order valence-electron chi connectivity index (χ3n) is 12.3. The Morgan fingerprint density at radius 1 is 1.26 bits per heavy atom. The number of aliphatic carboxylic acids is 1. The minimum atomic E-state index is -0.747. The third-order valence-corrected chi connectivity index (χ3v) is 12.3. The Morgan fingerprint density at radius 2 is 2.00 bits per heavy atom. The minimum absolute atomic E-state index is 0.00349. The quantitative estimate of drug-likeness (QED) is 0.254. The molecule has 1 aliphatic heterocycles. The summed E-state index contributed by atoms with van der Waals surface area (Å²) in [6.45, 7) is 13.7. The second kappa shape index (κ2) is 8.19. The molecular weight excluding hydrogens is 440 g/mol. The molecule has 0 aromatic heterocycles. The second-order valence-corrected chi connectivity index (χ2v) is 13.4. The lowest BCUT2D eigenvalue weighted by atomic mass is 9.43. The second-order valence-electron chi connectivity index (χ2n) is 13.4. The van der Waals surface area contributed by atoms with Gasteiger partial charge in [-0.15, -0.1) is 0 Å². The molecule has 5 aliphatic rings. The first-order chi connectivity index (χ1) is 16.5. The summed E-state index contributed by atoms with van der Waals surface area (Å²) in [7, 11) is 0. The van der Waals surface area contributed by atoms with E-state index in [-0.39, 0.29) is 52.7 Å². The lowest BCUT2D eigenvalue weighted by Gasteiger charge is -2.61. The zero-order valence-corrected chi connectivity index (χ0v) is 22.1. The van der Waals surface area contributed by atoms with Gasteiger partial charge in [-0.05, 0) is 104 Å². The monoisotopic (exact) mass is 484 g/mol. The first kappa shape index (κ1) is 25.0. The van der Waals surface area contributed by atoms with E-state index in [1.807, 2.05) is 6.92 Å². The molecule has 0 radical (unpaired) electrons. The molecule has 4 aliphatic carbocycles. The Kier molecular flexibility index (Phi) is 5.86. The summed E-state index contributed by atoms with van der Waals surface area (Å²) in [5, 5.41) is 18.9. The lowest BCUT2D eigenvalue weighted by Crippen LogP contribution is -2.56. The van der Waals surface area contributed by atoms with Gasteiger partial charge in [-0.25, -0.2) is 4.79 Å². The van der Waals surface area contributed by atoms with Crippen LogP contribution in [-0.4, -0.2) is 34.9 Å². The Labute approximate surface area is 210 Å². The Bertz CT molecular complexity index is 968. The van der Waals surface area contributed by atoms with E-state index < -0.39 is 5.97 Å². The van der Waals surface area contributed by atoms with Crippen LogP contribution in [0.1, 0.15) is 91.9 Å². The smallest absolute Gasteiger partial charge is 0.334 e. The average molecular weight is 485 g/mol. The highest BCUT2D eigenvalue weighted by atomic mass is 16.6. The van der Waals surface area contributed by atoms with Gasteiger partial charge in [-0.1, -0.05) is 39.0 Å². The van der Waals surface area contributed by atoms with Crippen molar-refractivity contribution in [3.63, 3.8) is 0 Å². The fraction of sp³-hybridized carbons (Fsp3) is 0.800. The normalized spacial score (nSPS) is 46.8. The van der Waals surface area contributed by atoms with Crippen LogP contribution in [0.4, 0.5) is 0 Å². The Morgan fingerprint density at radius 3 is 2.69 bits per heavy atom. The van der Waals surface area contributed by atoms with Crippen LogP contribution in [-0.2, 0) is 14.3 Å². The molecule has 35 heavy (non-hydrogen) atoms. The van der Waals surface area contributed by atoms with Crippen molar-refractivity contribution in [2.24, 2.45) is 45.3 Å². The molecule has 5 rings (SSSR count). The molecule has 1 heterocycles. The van der Waals surface area contributed by atoms with Crippen molar-refractivity contribution >= 4 is 11.9 Å². The molecule has 2 N–H and O–H groups in total. The van der Waals surface area contributed by atoms with E-state index in [2.05, 4.69) is 33.4 Å². The van der Waals surface area contributed by atoms with Crippen molar-refractivity contribution in [1.82, 2.24) is 0 Å². The van der Waals surface area contributed by atoms with E-state index in [0.717, 1.165) is 37.7 Å². The van der Waals surface area contributed by atoms with Crippen molar-refractivity contribution in [3.8, 4) is 0 Å². The van der Waals surface area contributed by atoms with Gasteiger partial charge in [0.15, 0.2) is 0 Å². The van der Waals surface area contributed by atoms with E-state index in [0.29, 0.717) is 29.7 Å². The number of carbonyl (C=O) groups excluding carboxylic acids is 1. The predicted octanol–water partition coefficient (Wildman–Crippen LogP) is 5.92. The summed E-state index contributed by atoms with van der Waals surface area (Å²) < 4.78 is 5.93. The molecule has 5 nitrogen and oxygen atoms in total. The predicted molar refractivity (Wildman–Crippen MR) is 134 cm³/mol. The van der Waals surface area contributed by atoms with E-state index in [1.165, 1.54) is 19.3 Å². The zero-order valence-electron chi connectivity index (χ0n) is 22.1. The molecule has 0 aromatic carbocycles. The SMILES string of the molecule is C=C1C(=O)O[C@@H]2C[C@@H]3[C@]4(CC[C@]5(C)[C@@H]([C@H](C)CC/C=C(\C)CO)CC[C@@]35C)C[C@]4(CCC(=O)O)[C@H]12. The maximum Gasteiger partial charge on any atom is 0.334 e. The number of carbonyl (C=O) groups is 2. The molecule has 1 spiro atoms. The van der Waals surface area contributed by atoms with Gasteiger partial charge in [-0.2, -0.15) is 0 Å². The van der Waals surface area contributed by atoms with Crippen LogP contribution in [0.5, 0.6) is 0 Å². The maximum atomic E-state index is 12.6. The highest BCUT2D eigenvalue weighted by molar-refractivity contribution is 5.91. The van der Waals surface area contributed by atoms with Crippen LogP contribution in [0, 0.1) is 45.3 Å². The van der Waals surface area contributed by atoms with Crippen molar-refractivity contribution in [3.05, 3.63) is 23.8 Å². The zero-order chi connectivity index (χ0) is 25.4. The van der Waals surface area contributed by atoms with Gasteiger partial charge in [0.25, 0.3) is 0 Å².